The summed E-state index contributed by atoms with van der Waals surface area (Å²) >= 11 is 5.63. The van der Waals surface area contributed by atoms with Crippen LogP contribution < -0.4 is 5.32 Å². The molecule has 0 radical (unpaired) electrons. The highest BCUT2D eigenvalue weighted by molar-refractivity contribution is 6.18. The number of nitrogens with zero attached hydrogens (tertiary/aromatic N) is 3. The van der Waals surface area contributed by atoms with Crippen molar-refractivity contribution >= 4 is 34.4 Å². The molecule has 1 N–H and O–H groups in total. The fourth-order valence-electron chi connectivity index (χ4n) is 3.15. The van der Waals surface area contributed by atoms with Crippen molar-refractivity contribution < 1.29 is 9.59 Å². The Morgan fingerprint density at radius 3 is 2.46 bits per heavy atom. The summed E-state index contributed by atoms with van der Waals surface area (Å²) in [5.41, 5.74) is 3.85. The normalized spacial score (nSPS) is 15.3. The van der Waals surface area contributed by atoms with Crippen LogP contribution in [0.25, 0.3) is 11.0 Å². The average molecular weight is 375 g/mol. The topological polar surface area (TPSA) is 75.2 Å². The van der Waals surface area contributed by atoms with E-state index < -0.39 is 0 Å². The maximum Gasteiger partial charge on any atom is 0.251 e. The minimum absolute atomic E-state index is 0.0732. The second-order valence-electron chi connectivity index (χ2n) is 6.67. The molecule has 0 bridgehead atoms. The first-order valence-corrected chi connectivity index (χ1v) is 9.41. The predicted octanol–water partition coefficient (Wildman–Crippen LogP) is 2.60. The van der Waals surface area contributed by atoms with Gasteiger partial charge in [-0.15, -0.1) is 11.6 Å². The van der Waals surface area contributed by atoms with Gasteiger partial charge in [0.25, 0.3) is 5.91 Å². The van der Waals surface area contributed by atoms with Crippen molar-refractivity contribution in [2.75, 3.05) is 19.0 Å². The molecule has 1 saturated heterocycles. The SMILES string of the molecule is Cc1nc2ccc(C(=O)NC3CCN(C(=O)CCCl)CC3)cc2nc1C. The molecule has 2 aromatic rings. The third-order valence-electron chi connectivity index (χ3n) is 4.83. The summed E-state index contributed by atoms with van der Waals surface area (Å²) in [4.78, 5) is 35.3. The van der Waals surface area contributed by atoms with Crippen LogP contribution in [0, 0.1) is 13.8 Å². The summed E-state index contributed by atoms with van der Waals surface area (Å²) in [6, 6.07) is 5.46. The van der Waals surface area contributed by atoms with Crippen LogP contribution in [-0.4, -0.2) is 51.7 Å². The Labute approximate surface area is 157 Å². The summed E-state index contributed by atoms with van der Waals surface area (Å²) in [7, 11) is 0. The number of piperidine rings is 1. The average Bonchev–Trinajstić information content (AvgIpc) is 2.63. The molecule has 1 fully saturated rings. The van der Waals surface area contributed by atoms with Gasteiger partial charge >= 0.3 is 0 Å². The summed E-state index contributed by atoms with van der Waals surface area (Å²) in [5, 5.41) is 3.07. The Morgan fingerprint density at radius 1 is 1.15 bits per heavy atom. The molecule has 1 aliphatic rings. The highest BCUT2D eigenvalue weighted by Crippen LogP contribution is 2.16. The van der Waals surface area contributed by atoms with E-state index in [1.54, 1.807) is 12.1 Å². The quantitative estimate of drug-likeness (QED) is 0.834. The van der Waals surface area contributed by atoms with Crippen molar-refractivity contribution in [3.05, 3.63) is 35.2 Å². The third-order valence-corrected chi connectivity index (χ3v) is 5.02. The van der Waals surface area contributed by atoms with Gasteiger partial charge in [0.15, 0.2) is 0 Å². The molecule has 138 valence electrons. The van der Waals surface area contributed by atoms with Crippen molar-refractivity contribution in [3.63, 3.8) is 0 Å². The Morgan fingerprint density at radius 2 is 1.81 bits per heavy atom. The van der Waals surface area contributed by atoms with Crippen molar-refractivity contribution in [3.8, 4) is 0 Å². The van der Waals surface area contributed by atoms with Gasteiger partial charge in [-0.2, -0.15) is 0 Å². The van der Waals surface area contributed by atoms with E-state index >= 15 is 0 Å². The minimum atomic E-state index is -0.113. The van der Waals surface area contributed by atoms with Gasteiger partial charge in [-0.3, -0.25) is 9.59 Å². The Balaban J connectivity index is 1.63. The molecule has 0 unspecified atom stereocenters. The zero-order valence-electron chi connectivity index (χ0n) is 15.1. The number of alkyl halides is 1. The van der Waals surface area contributed by atoms with E-state index in [0.717, 1.165) is 35.3 Å². The number of fused-ring (bicyclic) bond motifs is 1. The second kappa shape index (κ2) is 7.99. The maximum absolute atomic E-state index is 12.6. The number of amides is 2. The number of nitrogens with one attached hydrogen (secondary N) is 1. The molecule has 2 amide bonds. The molecular formula is C19H23ClN4O2. The molecular weight excluding hydrogens is 352 g/mol. The minimum Gasteiger partial charge on any atom is -0.349 e. The van der Waals surface area contributed by atoms with Gasteiger partial charge in [0.2, 0.25) is 5.91 Å². The van der Waals surface area contributed by atoms with Crippen molar-refractivity contribution in [2.45, 2.75) is 39.2 Å². The van der Waals surface area contributed by atoms with Crippen LogP contribution in [0.3, 0.4) is 0 Å². The fourth-order valence-corrected chi connectivity index (χ4v) is 3.31. The smallest absolute Gasteiger partial charge is 0.251 e. The second-order valence-corrected chi connectivity index (χ2v) is 7.04. The van der Waals surface area contributed by atoms with E-state index in [4.69, 9.17) is 11.6 Å². The number of rotatable bonds is 4. The number of likely N-dealkylation sites (tertiary alicyclic amines) is 1. The van der Waals surface area contributed by atoms with Gasteiger partial charge in [-0.05, 0) is 44.9 Å². The summed E-state index contributed by atoms with van der Waals surface area (Å²) in [6.45, 7) is 5.14. The monoisotopic (exact) mass is 374 g/mol. The van der Waals surface area contributed by atoms with E-state index in [9.17, 15) is 9.59 Å². The lowest BCUT2D eigenvalue weighted by Crippen LogP contribution is -2.46. The van der Waals surface area contributed by atoms with Crippen LogP contribution in [-0.2, 0) is 4.79 Å². The van der Waals surface area contributed by atoms with Crippen LogP contribution >= 0.6 is 11.6 Å². The largest absolute Gasteiger partial charge is 0.349 e. The van der Waals surface area contributed by atoms with Gasteiger partial charge in [0.05, 0.1) is 22.4 Å². The van der Waals surface area contributed by atoms with Crippen molar-refractivity contribution in [2.24, 2.45) is 0 Å². The highest BCUT2D eigenvalue weighted by Gasteiger charge is 2.23. The highest BCUT2D eigenvalue weighted by atomic mass is 35.5. The van der Waals surface area contributed by atoms with Crippen LogP contribution in [0.2, 0.25) is 0 Å². The lowest BCUT2D eigenvalue weighted by atomic mass is 10.0. The molecule has 1 aromatic carbocycles. The number of carbonyl (C=O) groups is 2. The van der Waals surface area contributed by atoms with Gasteiger partial charge in [0, 0.05) is 37.0 Å². The molecule has 1 aromatic heterocycles. The third kappa shape index (κ3) is 4.12. The number of hydrogen-bond acceptors (Lipinski definition) is 4. The van der Waals surface area contributed by atoms with E-state index in [1.165, 1.54) is 0 Å². The molecule has 7 heteroatoms. The maximum atomic E-state index is 12.6. The van der Waals surface area contributed by atoms with Crippen LogP contribution in [0.1, 0.15) is 41.0 Å². The molecule has 0 aliphatic carbocycles. The molecule has 2 heterocycles. The predicted molar refractivity (Wildman–Crippen MR) is 101 cm³/mol. The van der Waals surface area contributed by atoms with Gasteiger partial charge in [-0.25, -0.2) is 9.97 Å². The number of halogens is 1. The van der Waals surface area contributed by atoms with Gasteiger partial charge < -0.3 is 10.2 Å². The zero-order valence-corrected chi connectivity index (χ0v) is 15.8. The number of hydrogen-bond donors (Lipinski definition) is 1. The molecule has 26 heavy (non-hydrogen) atoms. The molecule has 3 rings (SSSR count). The zero-order chi connectivity index (χ0) is 18.7. The number of aromatic nitrogens is 2. The Bertz CT molecular complexity index is 832. The lowest BCUT2D eigenvalue weighted by molar-refractivity contribution is -0.131. The van der Waals surface area contributed by atoms with Crippen LogP contribution in [0.5, 0.6) is 0 Å². The molecule has 0 spiro atoms. The molecule has 0 atom stereocenters. The van der Waals surface area contributed by atoms with Crippen LogP contribution in [0.15, 0.2) is 18.2 Å². The first-order valence-electron chi connectivity index (χ1n) is 8.87. The van der Waals surface area contributed by atoms with E-state index in [0.29, 0.717) is 31.0 Å². The Kier molecular flexibility index (Phi) is 5.71. The van der Waals surface area contributed by atoms with E-state index in [1.807, 2.05) is 24.8 Å². The van der Waals surface area contributed by atoms with Gasteiger partial charge in [0.1, 0.15) is 0 Å². The lowest BCUT2D eigenvalue weighted by Gasteiger charge is -2.32. The van der Waals surface area contributed by atoms with Gasteiger partial charge in [-0.1, -0.05) is 0 Å². The van der Waals surface area contributed by atoms with Crippen molar-refractivity contribution in [1.29, 1.82) is 0 Å². The first-order chi connectivity index (χ1) is 12.5. The standard InChI is InChI=1S/C19H23ClN4O2/c1-12-13(2)22-17-11-14(3-4-16(17)21-12)19(26)23-15-6-9-24(10-7-15)18(25)5-8-20/h3-4,11,15H,5-10H2,1-2H3,(H,23,26). The summed E-state index contributed by atoms with van der Waals surface area (Å²) in [6.07, 6.45) is 1.88. The first kappa shape index (κ1) is 18.6. The molecule has 6 nitrogen and oxygen atoms in total. The summed E-state index contributed by atoms with van der Waals surface area (Å²) in [5.74, 6) is 0.320. The van der Waals surface area contributed by atoms with E-state index in [2.05, 4.69) is 15.3 Å². The number of carbonyl (C=O) groups excluding carboxylic acids is 2. The van der Waals surface area contributed by atoms with Crippen molar-refractivity contribution in [1.82, 2.24) is 20.2 Å². The molecule has 0 saturated carbocycles. The number of aryl methyl sites for hydroxylation is 2. The number of benzene rings is 1. The fraction of sp³-hybridized carbons (Fsp3) is 0.474. The molecule has 1 aliphatic heterocycles. The summed E-state index contributed by atoms with van der Waals surface area (Å²) < 4.78 is 0. The van der Waals surface area contributed by atoms with Crippen LogP contribution in [0.4, 0.5) is 0 Å². The Hall–Kier alpha value is -2.21. The van der Waals surface area contributed by atoms with E-state index in [-0.39, 0.29) is 17.9 Å².